The number of halogens is 1. The fourth-order valence-electron chi connectivity index (χ4n) is 4.63. The lowest BCUT2D eigenvalue weighted by molar-refractivity contribution is 0.136. The fraction of sp³-hybridized carbons (Fsp3) is 0.591. The summed E-state index contributed by atoms with van der Waals surface area (Å²) in [7, 11) is 0. The van der Waals surface area contributed by atoms with E-state index in [0.29, 0.717) is 18.3 Å². The average Bonchev–Trinajstić information content (AvgIpc) is 3.32. The lowest BCUT2D eigenvalue weighted by Gasteiger charge is -2.43. The van der Waals surface area contributed by atoms with Crippen molar-refractivity contribution >= 4 is 6.21 Å². The minimum Gasteiger partial charge on any atom is -0.493 e. The van der Waals surface area contributed by atoms with Crippen LogP contribution in [0.3, 0.4) is 0 Å². The third kappa shape index (κ3) is 4.43. The van der Waals surface area contributed by atoms with Crippen molar-refractivity contribution in [1.82, 2.24) is 26.2 Å². The Labute approximate surface area is 182 Å². The summed E-state index contributed by atoms with van der Waals surface area (Å²) in [6, 6.07) is 0.0710. The molecule has 1 saturated heterocycles. The summed E-state index contributed by atoms with van der Waals surface area (Å²) in [6.07, 6.45) is 9.98. The van der Waals surface area contributed by atoms with Gasteiger partial charge in [-0.05, 0) is 19.5 Å². The van der Waals surface area contributed by atoms with Crippen LogP contribution in [0.15, 0.2) is 52.3 Å². The van der Waals surface area contributed by atoms with Gasteiger partial charge in [-0.1, -0.05) is 6.08 Å². The topological polar surface area (TPSA) is 82.2 Å². The molecule has 9 heteroatoms. The number of dihydropyridines is 1. The second-order valence-electron chi connectivity index (χ2n) is 8.56. The van der Waals surface area contributed by atoms with Gasteiger partial charge in [-0.2, -0.15) is 0 Å². The van der Waals surface area contributed by atoms with Gasteiger partial charge in [0.1, 0.15) is 17.7 Å². The molecule has 5 aliphatic heterocycles. The van der Waals surface area contributed by atoms with Crippen molar-refractivity contribution in [2.24, 2.45) is 10.9 Å². The molecule has 0 saturated carbocycles. The van der Waals surface area contributed by atoms with Gasteiger partial charge in [0.25, 0.3) is 0 Å². The van der Waals surface area contributed by atoms with Gasteiger partial charge in [-0.25, -0.2) is 4.39 Å². The van der Waals surface area contributed by atoms with Crippen LogP contribution in [-0.2, 0) is 9.47 Å². The Morgan fingerprint density at radius 3 is 3.10 bits per heavy atom. The number of nitrogens with zero attached hydrogens (tertiary/aromatic N) is 2. The Balaban J connectivity index is 1.25. The Morgan fingerprint density at radius 1 is 1.35 bits per heavy atom. The largest absolute Gasteiger partial charge is 0.493 e. The molecule has 5 atom stereocenters. The molecule has 0 bridgehead atoms. The second kappa shape index (κ2) is 8.92. The first-order chi connectivity index (χ1) is 15.2. The Morgan fingerprint density at radius 2 is 2.29 bits per heavy atom. The maximum absolute atomic E-state index is 14.4. The summed E-state index contributed by atoms with van der Waals surface area (Å²) < 4.78 is 25.7. The molecule has 5 rings (SSSR count). The summed E-state index contributed by atoms with van der Waals surface area (Å²) >= 11 is 0. The standard InChI is InChI=1S/C22H31FN6O2/c1-14-17-11-26-22(21-24-5-2-6-25-21)27-18(17)3-7-29(14)20-10-16(9-19(23)28-20)31-13-15-4-8-30-12-15/h2,5,9-11,14-15,19,21-22,24-25,27-28H,3-4,6-8,12-13H2,1H3. The average molecular weight is 431 g/mol. The number of alkyl halides is 1. The Bertz CT molecular complexity index is 832. The maximum atomic E-state index is 14.4. The first kappa shape index (κ1) is 20.4. The second-order valence-corrected chi connectivity index (χ2v) is 8.56. The van der Waals surface area contributed by atoms with Gasteiger partial charge >= 0.3 is 0 Å². The van der Waals surface area contributed by atoms with Crippen molar-refractivity contribution in [1.29, 1.82) is 0 Å². The summed E-state index contributed by atoms with van der Waals surface area (Å²) in [4.78, 5) is 6.92. The summed E-state index contributed by atoms with van der Waals surface area (Å²) in [5.74, 6) is 1.72. The molecule has 31 heavy (non-hydrogen) atoms. The van der Waals surface area contributed by atoms with Gasteiger partial charge in [-0.3, -0.25) is 10.3 Å². The molecule has 0 aliphatic carbocycles. The molecule has 0 aromatic heterocycles. The minimum atomic E-state index is -1.27. The van der Waals surface area contributed by atoms with Crippen molar-refractivity contribution in [2.45, 2.75) is 44.4 Å². The zero-order chi connectivity index (χ0) is 21.2. The van der Waals surface area contributed by atoms with Gasteiger partial charge in [0.15, 0.2) is 12.5 Å². The molecule has 4 N–H and O–H groups in total. The fourth-order valence-corrected chi connectivity index (χ4v) is 4.63. The van der Waals surface area contributed by atoms with E-state index in [0.717, 1.165) is 50.5 Å². The lowest BCUT2D eigenvalue weighted by Crippen LogP contribution is -2.57. The predicted molar refractivity (Wildman–Crippen MR) is 116 cm³/mol. The zero-order valence-corrected chi connectivity index (χ0v) is 17.8. The van der Waals surface area contributed by atoms with Crippen molar-refractivity contribution in [3.63, 3.8) is 0 Å². The highest BCUT2D eigenvalue weighted by atomic mass is 19.1. The van der Waals surface area contributed by atoms with E-state index >= 15 is 0 Å². The molecule has 168 valence electrons. The first-order valence-corrected chi connectivity index (χ1v) is 11.2. The number of allylic oxidation sites excluding steroid dienone is 1. The number of rotatable bonds is 5. The van der Waals surface area contributed by atoms with Crippen LogP contribution in [-0.4, -0.2) is 68.7 Å². The number of nitrogens with one attached hydrogen (secondary N) is 4. The van der Waals surface area contributed by atoms with Crippen LogP contribution in [0.1, 0.15) is 19.8 Å². The van der Waals surface area contributed by atoms with Gasteiger partial charge in [0.2, 0.25) is 0 Å². The van der Waals surface area contributed by atoms with Crippen LogP contribution in [0, 0.1) is 5.92 Å². The molecule has 5 aliphatic rings. The maximum Gasteiger partial charge on any atom is 0.193 e. The van der Waals surface area contributed by atoms with Crippen molar-refractivity contribution in [3.05, 3.63) is 47.3 Å². The van der Waals surface area contributed by atoms with E-state index in [4.69, 9.17) is 14.5 Å². The SMILES string of the molecule is CC1C2=C(CCN1C1=CC(OCC3CCOC3)=CC(F)N1)NC(C1NC=CCN1)N=C2. The van der Waals surface area contributed by atoms with Gasteiger partial charge in [-0.15, -0.1) is 0 Å². The molecule has 0 spiro atoms. The van der Waals surface area contributed by atoms with Gasteiger partial charge in [0.05, 0.1) is 19.3 Å². The monoisotopic (exact) mass is 430 g/mol. The summed E-state index contributed by atoms with van der Waals surface area (Å²) in [5.41, 5.74) is 2.36. The number of ether oxygens (including phenoxy) is 2. The number of hydrogen-bond donors (Lipinski definition) is 4. The van der Waals surface area contributed by atoms with E-state index in [2.05, 4.69) is 33.1 Å². The lowest BCUT2D eigenvalue weighted by atomic mass is 9.97. The van der Waals surface area contributed by atoms with Crippen LogP contribution < -0.4 is 21.3 Å². The van der Waals surface area contributed by atoms with Crippen LogP contribution in [0.4, 0.5) is 4.39 Å². The first-order valence-electron chi connectivity index (χ1n) is 11.2. The zero-order valence-electron chi connectivity index (χ0n) is 17.8. The van der Waals surface area contributed by atoms with Crippen molar-refractivity contribution < 1.29 is 13.9 Å². The van der Waals surface area contributed by atoms with E-state index in [1.54, 1.807) is 0 Å². The van der Waals surface area contributed by atoms with Crippen LogP contribution in [0.25, 0.3) is 0 Å². The molecular formula is C22H31FN6O2. The van der Waals surface area contributed by atoms with E-state index in [1.807, 2.05) is 24.6 Å². The Hall–Kier alpha value is -2.52. The van der Waals surface area contributed by atoms with Crippen LogP contribution in [0.5, 0.6) is 0 Å². The van der Waals surface area contributed by atoms with Gasteiger partial charge in [0, 0.05) is 61.7 Å². The molecule has 0 radical (unpaired) electrons. The molecule has 5 heterocycles. The van der Waals surface area contributed by atoms with Crippen LogP contribution in [0.2, 0.25) is 0 Å². The normalized spacial score (nSPS) is 34.9. The summed E-state index contributed by atoms with van der Waals surface area (Å²) in [6.45, 7) is 5.81. The van der Waals surface area contributed by atoms with E-state index < -0.39 is 6.30 Å². The predicted octanol–water partition coefficient (Wildman–Crippen LogP) is 1.04. The molecular weight excluding hydrogens is 399 g/mol. The molecule has 0 aromatic carbocycles. The van der Waals surface area contributed by atoms with E-state index in [1.165, 1.54) is 11.8 Å². The van der Waals surface area contributed by atoms with Crippen molar-refractivity contribution in [2.75, 3.05) is 32.9 Å². The van der Waals surface area contributed by atoms with E-state index in [-0.39, 0.29) is 18.4 Å². The molecule has 1 fully saturated rings. The minimum absolute atomic E-state index is 0.0489. The number of aliphatic imine (C=N–C) groups is 1. The number of hydrogen-bond acceptors (Lipinski definition) is 8. The quantitative estimate of drug-likeness (QED) is 0.486. The Kier molecular flexibility index (Phi) is 5.87. The van der Waals surface area contributed by atoms with Crippen molar-refractivity contribution in [3.8, 4) is 0 Å². The van der Waals surface area contributed by atoms with Crippen LogP contribution >= 0.6 is 0 Å². The summed E-state index contributed by atoms with van der Waals surface area (Å²) in [5, 5.41) is 13.2. The van der Waals surface area contributed by atoms with Gasteiger partial charge < -0.3 is 30.3 Å². The third-order valence-electron chi connectivity index (χ3n) is 6.42. The molecule has 0 amide bonds. The molecule has 0 aromatic rings. The third-order valence-corrected chi connectivity index (χ3v) is 6.42. The highest BCUT2D eigenvalue weighted by molar-refractivity contribution is 5.82. The molecule has 5 unspecified atom stereocenters. The highest BCUT2D eigenvalue weighted by Gasteiger charge is 2.33. The highest BCUT2D eigenvalue weighted by Crippen LogP contribution is 2.29. The van der Waals surface area contributed by atoms with E-state index in [9.17, 15) is 4.39 Å². The smallest absolute Gasteiger partial charge is 0.193 e. The molecule has 8 nitrogen and oxygen atoms in total.